The molecule has 6 nitrogen and oxygen atoms in total. The van der Waals surface area contributed by atoms with Crippen molar-refractivity contribution in [1.29, 1.82) is 0 Å². The van der Waals surface area contributed by atoms with E-state index < -0.39 is 25.1 Å². The van der Waals surface area contributed by atoms with Gasteiger partial charge in [0.15, 0.2) is 14.0 Å². The zero-order valence-corrected chi connectivity index (χ0v) is 12.0. The summed E-state index contributed by atoms with van der Waals surface area (Å²) in [6.07, 6.45) is -0.515. The Bertz CT molecular complexity index is 571. The van der Waals surface area contributed by atoms with Crippen LogP contribution in [0.2, 0.25) is 0 Å². The minimum absolute atomic E-state index is 0.00550. The molecule has 0 radical (unpaired) electrons. The van der Waals surface area contributed by atoms with Crippen LogP contribution >= 0.6 is 11.6 Å². The summed E-state index contributed by atoms with van der Waals surface area (Å²) in [7, 11) is -3.71. The van der Waals surface area contributed by atoms with Gasteiger partial charge >= 0.3 is 0 Å². The van der Waals surface area contributed by atoms with Crippen molar-refractivity contribution in [2.45, 2.75) is 23.7 Å². The molecule has 0 aliphatic heterocycles. The van der Waals surface area contributed by atoms with Crippen molar-refractivity contribution < 1.29 is 18.4 Å². The van der Waals surface area contributed by atoms with Crippen molar-refractivity contribution in [2.24, 2.45) is 0 Å². The van der Waals surface area contributed by atoms with Crippen LogP contribution in [0.1, 0.15) is 25.0 Å². The van der Waals surface area contributed by atoms with E-state index in [4.69, 9.17) is 11.6 Å². The summed E-state index contributed by atoms with van der Waals surface area (Å²) in [6.45, 7) is 1.54. The third kappa shape index (κ3) is 3.05. The second-order valence-corrected chi connectivity index (χ2v) is 7.33. The molecule has 0 aliphatic carbocycles. The van der Waals surface area contributed by atoms with E-state index in [1.165, 1.54) is 24.3 Å². The van der Waals surface area contributed by atoms with E-state index in [0.29, 0.717) is 0 Å². The summed E-state index contributed by atoms with van der Waals surface area (Å²) in [5.74, 6) is 0. The van der Waals surface area contributed by atoms with E-state index in [2.05, 4.69) is 0 Å². The van der Waals surface area contributed by atoms with Crippen molar-refractivity contribution >= 4 is 27.1 Å². The number of hydrogen-bond donors (Lipinski definition) is 1. The fourth-order valence-electron chi connectivity index (χ4n) is 1.69. The molecule has 106 valence electrons. The quantitative estimate of drug-likeness (QED) is 0.510. The van der Waals surface area contributed by atoms with E-state index in [1.807, 2.05) is 0 Å². The highest BCUT2D eigenvalue weighted by Gasteiger charge is 2.44. The van der Waals surface area contributed by atoms with Crippen molar-refractivity contribution in [3.63, 3.8) is 0 Å². The van der Waals surface area contributed by atoms with Crippen LogP contribution in [0.25, 0.3) is 0 Å². The molecule has 2 atom stereocenters. The Morgan fingerprint density at radius 2 is 1.89 bits per heavy atom. The maximum Gasteiger partial charge on any atom is 0.269 e. The molecule has 0 bridgehead atoms. The molecule has 0 aliphatic rings. The third-order valence-electron chi connectivity index (χ3n) is 2.93. The summed E-state index contributed by atoms with van der Waals surface area (Å²) in [5.41, 5.74) is 0.0693. The Morgan fingerprint density at radius 3 is 2.21 bits per heavy atom. The molecule has 0 fully saturated rings. The van der Waals surface area contributed by atoms with Gasteiger partial charge in [0.1, 0.15) is 6.10 Å². The van der Waals surface area contributed by atoms with Crippen molar-refractivity contribution in [2.75, 3.05) is 6.26 Å². The summed E-state index contributed by atoms with van der Waals surface area (Å²) in [5, 5.41) is 20.6. The molecule has 1 N–H and O–H groups in total. The lowest BCUT2D eigenvalue weighted by atomic mass is 10.0. The summed E-state index contributed by atoms with van der Waals surface area (Å²) in [6, 6.07) is 4.96. The van der Waals surface area contributed by atoms with Gasteiger partial charge in [-0.05, 0) is 24.1 Å². The fraction of sp³-hybridized carbons (Fsp3) is 0.455. The monoisotopic (exact) mass is 307 g/mol. The Balaban J connectivity index is 3.19. The number of hydrogen-bond acceptors (Lipinski definition) is 5. The number of aliphatic hydroxyl groups is 1. The summed E-state index contributed by atoms with van der Waals surface area (Å²) < 4.78 is 21.5. The maximum atomic E-state index is 11.7. The van der Waals surface area contributed by atoms with Crippen LogP contribution < -0.4 is 0 Å². The minimum atomic E-state index is -3.71. The van der Waals surface area contributed by atoms with Gasteiger partial charge in [-0.25, -0.2) is 8.42 Å². The van der Waals surface area contributed by atoms with Crippen LogP contribution in [0.3, 0.4) is 0 Å². The SMILES string of the molecule is CC[C@](Cl)([C@@H](O)c1ccc([N+](=O)[O-])cc1)S(C)(=O)=O. The first-order valence-electron chi connectivity index (χ1n) is 5.44. The predicted molar refractivity (Wildman–Crippen MR) is 71.8 cm³/mol. The second-order valence-electron chi connectivity index (χ2n) is 4.16. The van der Waals surface area contributed by atoms with Gasteiger partial charge in [-0.3, -0.25) is 10.1 Å². The van der Waals surface area contributed by atoms with Gasteiger partial charge in [-0.15, -0.1) is 0 Å². The number of sulfone groups is 1. The largest absolute Gasteiger partial charge is 0.385 e. The van der Waals surface area contributed by atoms with Gasteiger partial charge in [0.05, 0.1) is 4.92 Å². The molecule has 0 aromatic heterocycles. The number of nitro groups is 1. The average molecular weight is 308 g/mol. The number of alkyl halides is 1. The lowest BCUT2D eigenvalue weighted by Crippen LogP contribution is -2.37. The number of benzene rings is 1. The van der Waals surface area contributed by atoms with E-state index in [1.54, 1.807) is 6.92 Å². The highest BCUT2D eigenvalue weighted by molar-refractivity contribution is 7.93. The standard InChI is InChI=1S/C11H14ClNO5S/c1-3-11(12,19(2,17)18)10(14)8-4-6-9(7-5-8)13(15)16/h4-7,10,14H,3H2,1-2H3/t10-,11+/m0/s1. The molecule has 0 heterocycles. The fourth-order valence-corrected chi connectivity index (χ4v) is 2.88. The van der Waals surface area contributed by atoms with Gasteiger partial charge in [-0.1, -0.05) is 18.5 Å². The Kier molecular flexibility index (Phi) is 4.54. The lowest BCUT2D eigenvalue weighted by Gasteiger charge is -2.29. The number of aliphatic hydroxyl groups excluding tert-OH is 1. The predicted octanol–water partition coefficient (Wildman–Crippen LogP) is 2.02. The molecule has 1 aromatic carbocycles. The molecule has 1 rings (SSSR count). The van der Waals surface area contributed by atoms with Gasteiger partial charge < -0.3 is 5.11 Å². The molecular weight excluding hydrogens is 294 g/mol. The molecular formula is C11H14ClNO5S. The molecule has 0 saturated heterocycles. The highest BCUT2D eigenvalue weighted by Crippen LogP contribution is 2.39. The first kappa shape index (κ1) is 15.9. The Hall–Kier alpha value is -1.18. The van der Waals surface area contributed by atoms with Crippen molar-refractivity contribution in [3.05, 3.63) is 39.9 Å². The Labute approximate surface area is 116 Å². The van der Waals surface area contributed by atoms with Crippen LogP contribution in [-0.4, -0.2) is 28.9 Å². The van der Waals surface area contributed by atoms with Crippen LogP contribution in [0.5, 0.6) is 0 Å². The molecule has 0 unspecified atom stereocenters. The zero-order chi connectivity index (χ0) is 14.8. The molecule has 1 aromatic rings. The van der Waals surface area contributed by atoms with E-state index >= 15 is 0 Å². The smallest absolute Gasteiger partial charge is 0.269 e. The molecule has 0 spiro atoms. The number of halogens is 1. The highest BCUT2D eigenvalue weighted by atomic mass is 35.5. The summed E-state index contributed by atoms with van der Waals surface area (Å²) >= 11 is 6.02. The number of nitrogens with zero attached hydrogens (tertiary/aromatic N) is 1. The van der Waals surface area contributed by atoms with E-state index in [9.17, 15) is 23.6 Å². The summed E-state index contributed by atoms with van der Waals surface area (Å²) in [4.78, 5) is 9.93. The van der Waals surface area contributed by atoms with Crippen molar-refractivity contribution in [3.8, 4) is 0 Å². The van der Waals surface area contributed by atoms with Crippen LogP contribution in [0.4, 0.5) is 5.69 Å². The van der Waals surface area contributed by atoms with Gasteiger partial charge in [0, 0.05) is 18.4 Å². The van der Waals surface area contributed by atoms with Gasteiger partial charge in [0.2, 0.25) is 0 Å². The number of non-ortho nitro benzene ring substituents is 1. The van der Waals surface area contributed by atoms with Crippen LogP contribution in [-0.2, 0) is 9.84 Å². The number of nitro benzene ring substituents is 1. The Morgan fingerprint density at radius 1 is 1.42 bits per heavy atom. The third-order valence-corrected chi connectivity index (χ3v) is 5.99. The van der Waals surface area contributed by atoms with Crippen molar-refractivity contribution in [1.82, 2.24) is 0 Å². The van der Waals surface area contributed by atoms with Gasteiger partial charge in [-0.2, -0.15) is 0 Å². The molecule has 8 heteroatoms. The maximum absolute atomic E-state index is 11.7. The van der Waals surface area contributed by atoms with E-state index in [0.717, 1.165) is 6.26 Å². The van der Waals surface area contributed by atoms with Crippen LogP contribution in [0, 0.1) is 10.1 Å². The van der Waals surface area contributed by atoms with E-state index in [-0.39, 0.29) is 17.7 Å². The zero-order valence-electron chi connectivity index (χ0n) is 10.4. The normalized spacial score (nSPS) is 16.6. The second kappa shape index (κ2) is 5.44. The first-order valence-corrected chi connectivity index (χ1v) is 7.71. The average Bonchev–Trinajstić information content (AvgIpc) is 2.35. The topological polar surface area (TPSA) is 97.5 Å². The lowest BCUT2D eigenvalue weighted by molar-refractivity contribution is -0.384. The number of rotatable bonds is 5. The molecule has 0 saturated carbocycles. The molecule has 19 heavy (non-hydrogen) atoms. The molecule has 0 amide bonds. The minimum Gasteiger partial charge on any atom is -0.385 e. The first-order chi connectivity index (χ1) is 8.63. The van der Waals surface area contributed by atoms with Crippen LogP contribution in [0.15, 0.2) is 24.3 Å². The van der Waals surface area contributed by atoms with Gasteiger partial charge in [0.25, 0.3) is 5.69 Å².